The maximum atomic E-state index is 13.2. The van der Waals surface area contributed by atoms with Crippen LogP contribution in [0.15, 0.2) is 30.4 Å². The topological polar surface area (TPSA) is 72.8 Å². The first-order valence-electron chi connectivity index (χ1n) is 10.5. The van der Waals surface area contributed by atoms with Gasteiger partial charge in [0.05, 0.1) is 25.0 Å². The van der Waals surface area contributed by atoms with Crippen LogP contribution in [0.2, 0.25) is 25.7 Å². The summed E-state index contributed by atoms with van der Waals surface area (Å²) in [7, 11) is -1.33. The summed E-state index contributed by atoms with van der Waals surface area (Å²) in [5, 5.41) is 10.0. The average molecular weight is 417 g/mol. The van der Waals surface area contributed by atoms with E-state index in [9.17, 15) is 14.7 Å². The summed E-state index contributed by atoms with van der Waals surface area (Å²) in [5.41, 5.74) is 2.81. The Morgan fingerprint density at radius 3 is 2.41 bits per heavy atom. The van der Waals surface area contributed by atoms with E-state index in [-0.39, 0.29) is 29.5 Å². The van der Waals surface area contributed by atoms with Crippen LogP contribution in [0.4, 0.5) is 0 Å². The number of carbonyl (C=O) groups excluding carboxylic acids is 2. The normalized spacial score (nSPS) is 25.4. The zero-order valence-corrected chi connectivity index (χ0v) is 18.9. The Bertz CT molecular complexity index is 810. The Morgan fingerprint density at radius 2 is 1.76 bits per heavy atom. The molecule has 3 aliphatic rings. The molecule has 4 rings (SSSR count). The van der Waals surface area contributed by atoms with Crippen LogP contribution in [-0.2, 0) is 19.1 Å². The molecule has 6 heteroatoms. The maximum Gasteiger partial charge on any atom is 0.310 e. The molecule has 5 nitrogen and oxygen atoms in total. The van der Waals surface area contributed by atoms with Crippen LogP contribution in [0.3, 0.4) is 0 Å². The van der Waals surface area contributed by atoms with Crippen LogP contribution in [0, 0.1) is 11.8 Å². The van der Waals surface area contributed by atoms with Gasteiger partial charge in [-0.1, -0.05) is 44.8 Å². The highest BCUT2D eigenvalue weighted by Gasteiger charge is 2.55. The summed E-state index contributed by atoms with van der Waals surface area (Å²) in [6, 6.07) is 6.09. The minimum Gasteiger partial charge on any atom is -0.508 e. The minimum absolute atomic E-state index is 0.152. The van der Waals surface area contributed by atoms with Gasteiger partial charge < -0.3 is 14.6 Å². The lowest BCUT2D eigenvalue weighted by molar-refractivity contribution is -0.164. The fraction of sp³-hybridized carbons (Fsp3) is 0.565. The highest BCUT2D eigenvalue weighted by Crippen LogP contribution is 2.58. The Morgan fingerprint density at radius 1 is 1.10 bits per heavy atom. The van der Waals surface area contributed by atoms with Gasteiger partial charge in [0.15, 0.2) is 0 Å². The average Bonchev–Trinajstić information content (AvgIpc) is 2.64. The third-order valence-electron chi connectivity index (χ3n) is 6.00. The van der Waals surface area contributed by atoms with Crippen molar-refractivity contribution in [2.24, 2.45) is 11.8 Å². The van der Waals surface area contributed by atoms with E-state index in [1.165, 1.54) is 0 Å². The number of carbonyl (C=O) groups is 2. The molecular weight excluding hydrogens is 384 g/mol. The summed E-state index contributed by atoms with van der Waals surface area (Å²) in [6.45, 7) is 13.6. The van der Waals surface area contributed by atoms with Gasteiger partial charge in [0, 0.05) is 19.9 Å². The number of benzene rings is 1. The Balaban J connectivity index is 1.94. The van der Waals surface area contributed by atoms with Crippen molar-refractivity contribution in [3.8, 4) is 5.75 Å². The molecule has 1 saturated carbocycles. The van der Waals surface area contributed by atoms with Gasteiger partial charge in [0.1, 0.15) is 5.75 Å². The number of aromatic hydroxyl groups is 1. The smallest absolute Gasteiger partial charge is 0.310 e. The van der Waals surface area contributed by atoms with Crippen molar-refractivity contribution in [2.45, 2.75) is 57.3 Å². The van der Waals surface area contributed by atoms with Crippen molar-refractivity contribution >= 4 is 20.0 Å². The van der Waals surface area contributed by atoms with Gasteiger partial charge in [-0.3, -0.25) is 9.59 Å². The molecule has 2 bridgehead atoms. The first-order valence-corrected chi connectivity index (χ1v) is 14.2. The molecule has 1 aromatic carbocycles. The van der Waals surface area contributed by atoms with Crippen LogP contribution in [0.1, 0.15) is 42.7 Å². The van der Waals surface area contributed by atoms with Gasteiger partial charge in [-0.25, -0.2) is 0 Å². The summed E-state index contributed by atoms with van der Waals surface area (Å²) >= 11 is 0. The van der Waals surface area contributed by atoms with Gasteiger partial charge >= 0.3 is 11.9 Å². The van der Waals surface area contributed by atoms with Crippen molar-refractivity contribution in [3.63, 3.8) is 0 Å². The number of ether oxygens (including phenoxy) is 2. The van der Waals surface area contributed by atoms with Crippen LogP contribution in [0.25, 0.3) is 0 Å². The Kier molecular flexibility index (Phi) is 6.22. The van der Waals surface area contributed by atoms with Crippen molar-refractivity contribution in [2.75, 3.05) is 13.2 Å². The standard InChI is InChI=1S/C23H32O5Si/c1-6-9-27-23(26)21-19-14(2)12-17(16-8-7-15(24)13-18(16)19)20(21)22(25)28-10-11-29(3,4)5/h7-8,13,17,19-21,24H,2,6,9-12H2,1,3-5H3/t17?,19-,20+,21+/m0/s1. The Labute approximate surface area is 174 Å². The molecule has 3 aliphatic carbocycles. The van der Waals surface area contributed by atoms with Crippen LogP contribution in [0.5, 0.6) is 5.75 Å². The second kappa shape index (κ2) is 8.34. The van der Waals surface area contributed by atoms with Crippen molar-refractivity contribution in [1.29, 1.82) is 0 Å². The van der Waals surface area contributed by atoms with Crippen molar-refractivity contribution < 1.29 is 24.2 Å². The summed E-state index contributed by atoms with van der Waals surface area (Å²) in [6.07, 6.45) is 1.37. The van der Waals surface area contributed by atoms with E-state index in [0.29, 0.717) is 19.6 Å². The first kappa shape index (κ1) is 21.6. The molecule has 1 aromatic rings. The summed E-state index contributed by atoms with van der Waals surface area (Å²) < 4.78 is 11.2. The summed E-state index contributed by atoms with van der Waals surface area (Å²) in [4.78, 5) is 26.2. The molecule has 0 aromatic heterocycles. The number of fused-ring (bicyclic) bond motifs is 2. The molecule has 4 atom stereocenters. The highest BCUT2D eigenvalue weighted by atomic mass is 28.3. The number of hydrogen-bond donors (Lipinski definition) is 1. The molecule has 0 aliphatic heterocycles. The number of esters is 2. The third kappa shape index (κ3) is 4.42. The lowest BCUT2D eigenvalue weighted by atomic mass is 9.54. The minimum atomic E-state index is -1.33. The largest absolute Gasteiger partial charge is 0.508 e. The molecule has 1 fully saturated rings. The van der Waals surface area contributed by atoms with Crippen LogP contribution < -0.4 is 0 Å². The molecule has 29 heavy (non-hydrogen) atoms. The molecule has 0 heterocycles. The number of phenolic OH excluding ortho intramolecular Hbond substituents is 1. The van der Waals surface area contributed by atoms with Gasteiger partial charge in [-0.2, -0.15) is 0 Å². The van der Waals surface area contributed by atoms with Crippen LogP contribution in [-0.4, -0.2) is 38.3 Å². The SMILES string of the molecule is C=C1CC2c3ccc(O)cc3[C@H]1[C@@H](C(=O)OCCC)[C@@H]2C(=O)OCC[Si](C)(C)C. The van der Waals surface area contributed by atoms with E-state index < -0.39 is 19.9 Å². The lowest BCUT2D eigenvalue weighted by Crippen LogP contribution is -2.48. The predicted octanol–water partition coefficient (Wildman–Crippen LogP) is 4.60. The lowest BCUT2D eigenvalue weighted by Gasteiger charge is -2.48. The quantitative estimate of drug-likeness (QED) is 0.399. The molecule has 0 saturated heterocycles. The second-order valence-corrected chi connectivity index (χ2v) is 15.1. The van der Waals surface area contributed by atoms with E-state index in [4.69, 9.17) is 9.47 Å². The van der Waals surface area contributed by atoms with Gasteiger partial charge in [-0.05, 0) is 42.1 Å². The molecule has 1 N–H and O–H groups in total. The van der Waals surface area contributed by atoms with E-state index >= 15 is 0 Å². The monoisotopic (exact) mass is 416 g/mol. The maximum absolute atomic E-state index is 13.2. The number of rotatable bonds is 7. The van der Waals surface area contributed by atoms with Gasteiger partial charge in [-0.15, -0.1) is 0 Å². The van der Waals surface area contributed by atoms with E-state index in [1.807, 2.05) is 13.0 Å². The van der Waals surface area contributed by atoms with E-state index in [1.54, 1.807) is 12.1 Å². The molecule has 0 spiro atoms. The summed E-state index contributed by atoms with van der Waals surface area (Å²) in [5.74, 6) is -2.27. The molecular formula is C23H32O5Si. The zero-order chi connectivity index (χ0) is 21.3. The Hall–Kier alpha value is -2.08. The third-order valence-corrected chi connectivity index (χ3v) is 7.70. The first-order chi connectivity index (χ1) is 13.6. The number of phenols is 1. The molecule has 158 valence electrons. The van der Waals surface area contributed by atoms with E-state index in [2.05, 4.69) is 26.2 Å². The molecule has 0 amide bonds. The predicted molar refractivity (Wildman–Crippen MR) is 115 cm³/mol. The molecule has 1 unspecified atom stereocenters. The van der Waals surface area contributed by atoms with Crippen LogP contribution >= 0.6 is 0 Å². The second-order valence-electron chi connectivity index (χ2n) is 9.46. The highest BCUT2D eigenvalue weighted by molar-refractivity contribution is 6.76. The fourth-order valence-corrected chi connectivity index (χ4v) is 5.29. The number of hydrogen-bond acceptors (Lipinski definition) is 5. The molecule has 0 radical (unpaired) electrons. The van der Waals surface area contributed by atoms with Crippen molar-refractivity contribution in [1.82, 2.24) is 0 Å². The van der Waals surface area contributed by atoms with E-state index in [0.717, 1.165) is 29.2 Å². The zero-order valence-electron chi connectivity index (χ0n) is 17.9. The van der Waals surface area contributed by atoms with Gasteiger partial charge in [0.25, 0.3) is 0 Å². The van der Waals surface area contributed by atoms with Crippen molar-refractivity contribution in [3.05, 3.63) is 41.5 Å². The number of allylic oxidation sites excluding steroid dienone is 1. The van der Waals surface area contributed by atoms with Gasteiger partial charge in [0.2, 0.25) is 0 Å². The fourth-order valence-electron chi connectivity index (χ4n) is 4.58.